The number of carbonyl (C=O) groups excluding carboxylic acids is 3. The summed E-state index contributed by atoms with van der Waals surface area (Å²) in [5, 5.41) is 39.8. The molecule has 47 heavy (non-hydrogen) atoms. The molecule has 2 aromatic heterocycles. The van der Waals surface area contributed by atoms with E-state index < -0.39 is 0 Å². The van der Waals surface area contributed by atoms with Gasteiger partial charge in [-0.25, -0.2) is 0 Å². The van der Waals surface area contributed by atoms with Gasteiger partial charge < -0.3 is 57.4 Å². The van der Waals surface area contributed by atoms with E-state index in [-0.39, 0.29) is 30.9 Å². The van der Waals surface area contributed by atoms with E-state index in [0.29, 0.717) is 84.7 Å². The Bertz CT molecular complexity index is 1740. The largest absolute Gasteiger partial charge is 0.395 e. The van der Waals surface area contributed by atoms with Gasteiger partial charge in [0.25, 0.3) is 17.7 Å². The molecular formula is C31H41N11O5. The van der Waals surface area contributed by atoms with Gasteiger partial charge in [0.1, 0.15) is 11.4 Å². The fourth-order valence-electron chi connectivity index (χ4n) is 4.63. The molecule has 4 aromatic rings. The summed E-state index contributed by atoms with van der Waals surface area (Å²) in [6, 6.07) is 13.8. The Kier molecular flexibility index (Phi) is 12.5. The van der Waals surface area contributed by atoms with Crippen molar-refractivity contribution in [2.45, 2.75) is 0 Å². The number of anilines is 1. The van der Waals surface area contributed by atoms with E-state index in [1.807, 2.05) is 0 Å². The van der Waals surface area contributed by atoms with E-state index in [1.54, 1.807) is 62.6 Å². The van der Waals surface area contributed by atoms with Crippen LogP contribution in [-0.4, -0.2) is 116 Å². The van der Waals surface area contributed by atoms with Gasteiger partial charge in [-0.05, 0) is 48.5 Å². The van der Waals surface area contributed by atoms with E-state index in [2.05, 4.69) is 57.2 Å². The second-order valence-electron chi connectivity index (χ2n) is 10.2. The lowest BCUT2D eigenvalue weighted by molar-refractivity contribution is 0.0944. The maximum Gasteiger partial charge on any atom is 0.272 e. The predicted molar refractivity (Wildman–Crippen MR) is 182 cm³/mol. The molecule has 0 aliphatic rings. The van der Waals surface area contributed by atoms with Gasteiger partial charge in [-0.2, -0.15) is 0 Å². The van der Waals surface area contributed by atoms with Crippen LogP contribution in [0.5, 0.6) is 0 Å². The maximum atomic E-state index is 13.1. The number of aromatic amines is 2. The van der Waals surface area contributed by atoms with Gasteiger partial charge in [-0.15, -0.1) is 0 Å². The number of amides is 3. The first kappa shape index (κ1) is 34.3. The average molecular weight is 648 g/mol. The lowest BCUT2D eigenvalue weighted by Gasteiger charge is -2.11. The third kappa shape index (κ3) is 9.69. The summed E-state index contributed by atoms with van der Waals surface area (Å²) < 4.78 is 0. The van der Waals surface area contributed by atoms with Crippen molar-refractivity contribution in [1.82, 2.24) is 41.9 Å². The molecule has 0 saturated carbocycles. The van der Waals surface area contributed by atoms with Crippen LogP contribution in [0.2, 0.25) is 0 Å². The Hall–Kier alpha value is -5.61. The van der Waals surface area contributed by atoms with E-state index in [4.69, 9.17) is 10.2 Å². The number of aliphatic hydroxyl groups is 2. The first-order valence-electron chi connectivity index (χ1n) is 15.1. The number of nitrogens with zero attached hydrogens (tertiary/aromatic N) is 2. The molecule has 0 aliphatic carbocycles. The summed E-state index contributed by atoms with van der Waals surface area (Å²) in [7, 11) is 3.24. The number of aromatic nitrogens is 2. The molecule has 0 bridgehead atoms. The fourth-order valence-corrected chi connectivity index (χ4v) is 4.63. The molecule has 250 valence electrons. The lowest BCUT2D eigenvalue weighted by atomic mass is 10.1. The van der Waals surface area contributed by atoms with Gasteiger partial charge in [0.05, 0.1) is 13.2 Å². The molecule has 16 nitrogen and oxygen atoms in total. The van der Waals surface area contributed by atoms with Crippen LogP contribution >= 0.6 is 0 Å². The van der Waals surface area contributed by atoms with E-state index >= 15 is 0 Å². The topological polar surface area (TPSA) is 232 Å². The van der Waals surface area contributed by atoms with Crippen LogP contribution in [0.3, 0.4) is 0 Å². The molecule has 0 radical (unpaired) electrons. The van der Waals surface area contributed by atoms with Crippen molar-refractivity contribution in [3.05, 3.63) is 65.5 Å². The Morgan fingerprint density at radius 2 is 1.09 bits per heavy atom. The quantitative estimate of drug-likeness (QED) is 0.0488. The van der Waals surface area contributed by atoms with Crippen LogP contribution < -0.4 is 37.2 Å². The van der Waals surface area contributed by atoms with Gasteiger partial charge in [0.2, 0.25) is 0 Å². The van der Waals surface area contributed by atoms with Crippen molar-refractivity contribution in [2.24, 2.45) is 9.98 Å². The fraction of sp³-hybridized carbons (Fsp3) is 0.323. The molecular weight excluding hydrogens is 606 g/mol. The van der Waals surface area contributed by atoms with Crippen LogP contribution in [-0.2, 0) is 0 Å². The summed E-state index contributed by atoms with van der Waals surface area (Å²) >= 11 is 0. The van der Waals surface area contributed by atoms with Gasteiger partial charge >= 0.3 is 0 Å². The van der Waals surface area contributed by atoms with Gasteiger partial charge in [0.15, 0.2) is 11.9 Å². The molecule has 0 atom stereocenters. The number of hydrogen-bond acceptors (Lipinski definition) is 7. The predicted octanol–water partition coefficient (Wildman–Crippen LogP) is -0.324. The zero-order chi connectivity index (χ0) is 33.6. The minimum Gasteiger partial charge on any atom is -0.395 e. The highest BCUT2D eigenvalue weighted by molar-refractivity contribution is 6.08. The number of aliphatic hydroxyl groups excluding tert-OH is 2. The Morgan fingerprint density at radius 3 is 1.66 bits per heavy atom. The number of aliphatic imine (C=N–C) groups is 2. The minimum atomic E-state index is -0.356. The van der Waals surface area contributed by atoms with Crippen LogP contribution in [0.15, 0.2) is 58.5 Å². The zero-order valence-electron chi connectivity index (χ0n) is 26.3. The van der Waals surface area contributed by atoms with Gasteiger partial charge in [-0.3, -0.25) is 24.4 Å². The van der Waals surface area contributed by atoms with Crippen molar-refractivity contribution in [3.63, 3.8) is 0 Å². The molecule has 0 fully saturated rings. The molecule has 0 unspecified atom stereocenters. The minimum absolute atomic E-state index is 0.0159. The third-order valence-electron chi connectivity index (χ3n) is 6.91. The van der Waals surface area contributed by atoms with Crippen LogP contribution in [0, 0.1) is 0 Å². The number of H-pyrrole nitrogens is 2. The smallest absolute Gasteiger partial charge is 0.272 e. The van der Waals surface area contributed by atoms with Gasteiger partial charge in [-0.1, -0.05) is 0 Å². The van der Waals surface area contributed by atoms with Crippen LogP contribution in [0.1, 0.15) is 31.3 Å². The number of benzene rings is 2. The van der Waals surface area contributed by atoms with Crippen LogP contribution in [0.25, 0.3) is 21.8 Å². The summed E-state index contributed by atoms with van der Waals surface area (Å²) in [5.41, 5.74) is 3.16. The van der Waals surface area contributed by atoms with Crippen molar-refractivity contribution in [2.75, 3.05) is 71.9 Å². The highest BCUT2D eigenvalue weighted by Crippen LogP contribution is 2.22. The number of nitrogens with one attached hydrogen (secondary N) is 9. The molecule has 3 amide bonds. The third-order valence-corrected chi connectivity index (χ3v) is 6.91. The van der Waals surface area contributed by atoms with Crippen molar-refractivity contribution < 1.29 is 24.6 Å². The molecule has 0 spiro atoms. The number of guanidine groups is 2. The zero-order valence-corrected chi connectivity index (χ0v) is 26.3. The summed E-state index contributed by atoms with van der Waals surface area (Å²) in [4.78, 5) is 52.7. The monoisotopic (exact) mass is 647 g/mol. The van der Waals surface area contributed by atoms with Crippen LogP contribution in [0.4, 0.5) is 5.69 Å². The lowest BCUT2D eigenvalue weighted by Crippen LogP contribution is -2.42. The first-order chi connectivity index (χ1) is 22.8. The van der Waals surface area contributed by atoms with E-state index in [9.17, 15) is 14.4 Å². The molecule has 2 heterocycles. The molecule has 11 N–H and O–H groups in total. The van der Waals surface area contributed by atoms with Crippen molar-refractivity contribution in [1.29, 1.82) is 0 Å². The van der Waals surface area contributed by atoms with Gasteiger partial charge in [0, 0.05) is 86.4 Å². The van der Waals surface area contributed by atoms with Crippen molar-refractivity contribution >= 4 is 57.1 Å². The summed E-state index contributed by atoms with van der Waals surface area (Å²) in [6.45, 7) is 2.29. The number of hydrogen-bond donors (Lipinski definition) is 11. The maximum absolute atomic E-state index is 13.1. The SMILES string of the molecule is CN=C(NCCO)NCCNC(=O)c1ccc2[nH]c(C(=O)Nc3ccc4[nH]c(C(=O)NCCNC(=NC)NCCO)cc4c3)cc2c1. The normalized spacial score (nSPS) is 11.7. The summed E-state index contributed by atoms with van der Waals surface area (Å²) in [6.07, 6.45) is 0. The number of carbonyl (C=O) groups is 3. The second kappa shape index (κ2) is 17.2. The van der Waals surface area contributed by atoms with E-state index in [1.165, 1.54) is 0 Å². The number of rotatable bonds is 14. The molecule has 4 rings (SSSR count). The number of fused-ring (bicyclic) bond motifs is 2. The Balaban J connectivity index is 1.30. The molecule has 2 aromatic carbocycles. The standard InChI is InChI=1S/C31H41N11O5/c1-32-30(38-11-13-43)36-9-7-34-27(45)19-3-5-23-20(15-19)17-26(42-23)29(47)40-22-4-6-24-21(16-22)18-25(41-24)28(46)35-8-10-37-31(33-2)39-12-14-44/h3-6,15-18,41-44H,7-14H2,1-2H3,(H,34,45)(H,35,46)(H,40,47)(H2,32,36,38)(H2,33,37,39). The summed E-state index contributed by atoms with van der Waals surface area (Å²) in [5.74, 6) is 0.168. The molecule has 0 aliphatic heterocycles. The highest BCUT2D eigenvalue weighted by Gasteiger charge is 2.14. The average Bonchev–Trinajstić information content (AvgIpc) is 3.71. The van der Waals surface area contributed by atoms with Crippen molar-refractivity contribution in [3.8, 4) is 0 Å². The first-order valence-corrected chi connectivity index (χ1v) is 15.1. The second-order valence-corrected chi connectivity index (χ2v) is 10.2. The Labute approximate surface area is 270 Å². The van der Waals surface area contributed by atoms with E-state index in [0.717, 1.165) is 10.9 Å². The molecule has 16 heteroatoms. The Morgan fingerprint density at radius 1 is 0.596 bits per heavy atom. The molecule has 0 saturated heterocycles. The highest BCUT2D eigenvalue weighted by atomic mass is 16.3.